The Kier molecular flexibility index (Phi) is 5.05. The fourth-order valence-electron chi connectivity index (χ4n) is 2.85. The van der Waals surface area contributed by atoms with Gasteiger partial charge in [-0.1, -0.05) is 31.0 Å². The van der Waals surface area contributed by atoms with E-state index >= 15 is 0 Å². The highest BCUT2D eigenvalue weighted by molar-refractivity contribution is 9.10. The van der Waals surface area contributed by atoms with Crippen LogP contribution in [0.25, 0.3) is 0 Å². The number of nitrogens with one attached hydrogen (secondary N) is 1. The molecule has 100 valence electrons. The second kappa shape index (κ2) is 6.36. The van der Waals surface area contributed by atoms with Crippen molar-refractivity contribution < 1.29 is 4.39 Å². The second-order valence-electron chi connectivity index (χ2n) is 4.87. The zero-order chi connectivity index (χ0) is 13.1. The quantitative estimate of drug-likeness (QED) is 0.785. The molecule has 2 unspecified atom stereocenters. The van der Waals surface area contributed by atoms with Crippen LogP contribution in [0.4, 0.5) is 4.39 Å². The van der Waals surface area contributed by atoms with Gasteiger partial charge in [-0.3, -0.25) is 0 Å². The smallest absolute Gasteiger partial charge is 0.146 e. The van der Waals surface area contributed by atoms with Gasteiger partial charge in [0, 0.05) is 4.47 Å². The van der Waals surface area contributed by atoms with E-state index in [4.69, 9.17) is 11.6 Å². The Morgan fingerprint density at radius 3 is 2.94 bits per heavy atom. The predicted molar refractivity (Wildman–Crippen MR) is 77.7 cm³/mol. The van der Waals surface area contributed by atoms with Gasteiger partial charge in [-0.15, -0.1) is 0 Å². The Balaban J connectivity index is 2.22. The number of halogens is 3. The molecule has 0 radical (unpaired) electrons. The van der Waals surface area contributed by atoms with Crippen LogP contribution in [0.3, 0.4) is 0 Å². The van der Waals surface area contributed by atoms with Crippen molar-refractivity contribution in [3.8, 4) is 0 Å². The maximum Gasteiger partial charge on any atom is 0.146 e. The number of hydrogen-bond acceptors (Lipinski definition) is 1. The first-order chi connectivity index (χ1) is 8.65. The number of rotatable bonds is 4. The lowest BCUT2D eigenvalue weighted by atomic mass is 9.88. The van der Waals surface area contributed by atoms with E-state index in [1.807, 2.05) is 12.1 Å². The fourth-order valence-corrected chi connectivity index (χ4v) is 3.33. The molecule has 0 aliphatic heterocycles. The monoisotopic (exact) mass is 333 g/mol. The minimum absolute atomic E-state index is 0.210. The lowest BCUT2D eigenvalue weighted by Crippen LogP contribution is -2.24. The molecule has 1 fully saturated rings. The highest BCUT2D eigenvalue weighted by atomic mass is 79.9. The summed E-state index contributed by atoms with van der Waals surface area (Å²) in [6.07, 6.45) is 3.41. The molecule has 0 aromatic heterocycles. The summed E-state index contributed by atoms with van der Waals surface area (Å²) in [6, 6.07) is 3.73. The van der Waals surface area contributed by atoms with Crippen molar-refractivity contribution >= 4 is 27.5 Å². The Morgan fingerprint density at radius 2 is 2.22 bits per heavy atom. The van der Waals surface area contributed by atoms with E-state index in [0.717, 1.165) is 25.1 Å². The third-order valence-electron chi connectivity index (χ3n) is 3.78. The van der Waals surface area contributed by atoms with Crippen LogP contribution in [0, 0.1) is 11.7 Å². The van der Waals surface area contributed by atoms with Gasteiger partial charge >= 0.3 is 0 Å². The van der Waals surface area contributed by atoms with Gasteiger partial charge in [0.1, 0.15) is 5.82 Å². The molecular weight excluding hydrogens is 317 g/mol. The summed E-state index contributed by atoms with van der Waals surface area (Å²) < 4.78 is 14.9. The van der Waals surface area contributed by atoms with E-state index in [0.29, 0.717) is 16.3 Å². The van der Waals surface area contributed by atoms with Crippen LogP contribution < -0.4 is 5.32 Å². The van der Waals surface area contributed by atoms with Crippen molar-refractivity contribution in [1.29, 1.82) is 0 Å². The number of hydrogen-bond donors (Lipinski definition) is 1. The number of benzene rings is 1. The van der Waals surface area contributed by atoms with E-state index in [1.165, 1.54) is 12.8 Å². The molecule has 0 saturated heterocycles. The van der Waals surface area contributed by atoms with Crippen molar-refractivity contribution in [2.75, 3.05) is 13.1 Å². The largest absolute Gasteiger partial charge is 0.317 e. The molecule has 0 bridgehead atoms. The minimum Gasteiger partial charge on any atom is -0.317 e. The third kappa shape index (κ3) is 2.89. The molecule has 1 aliphatic carbocycles. The molecule has 1 nitrogen and oxygen atoms in total. The van der Waals surface area contributed by atoms with Crippen LogP contribution in [-0.2, 0) is 0 Å². The normalized spacial score (nSPS) is 23.6. The Labute approximate surface area is 121 Å². The van der Waals surface area contributed by atoms with Crippen LogP contribution in [-0.4, -0.2) is 13.1 Å². The average Bonchev–Trinajstić information content (AvgIpc) is 2.82. The van der Waals surface area contributed by atoms with Gasteiger partial charge in [0.05, 0.1) is 5.02 Å². The molecule has 18 heavy (non-hydrogen) atoms. The van der Waals surface area contributed by atoms with Crippen LogP contribution >= 0.6 is 27.5 Å². The van der Waals surface area contributed by atoms with Gasteiger partial charge in [0.15, 0.2) is 0 Å². The minimum atomic E-state index is -0.251. The van der Waals surface area contributed by atoms with Gasteiger partial charge in [-0.2, -0.15) is 0 Å². The van der Waals surface area contributed by atoms with Crippen molar-refractivity contribution in [3.05, 3.63) is 33.0 Å². The molecular formula is C14H18BrClFN. The maximum atomic E-state index is 14.2. The van der Waals surface area contributed by atoms with Crippen LogP contribution in [0.1, 0.15) is 37.7 Å². The van der Waals surface area contributed by atoms with Crippen LogP contribution in [0.5, 0.6) is 0 Å². The molecule has 1 aromatic carbocycles. The van der Waals surface area contributed by atoms with E-state index in [2.05, 4.69) is 28.2 Å². The van der Waals surface area contributed by atoms with Crippen molar-refractivity contribution in [3.63, 3.8) is 0 Å². The third-order valence-corrected chi connectivity index (χ3v) is 5.04. The zero-order valence-electron chi connectivity index (χ0n) is 10.5. The zero-order valence-corrected chi connectivity index (χ0v) is 12.8. The fraction of sp³-hybridized carbons (Fsp3) is 0.571. The molecule has 1 aliphatic rings. The topological polar surface area (TPSA) is 12.0 Å². The highest BCUT2D eigenvalue weighted by Gasteiger charge is 2.30. The van der Waals surface area contributed by atoms with Crippen molar-refractivity contribution in [1.82, 2.24) is 5.32 Å². The van der Waals surface area contributed by atoms with E-state index in [9.17, 15) is 4.39 Å². The maximum absolute atomic E-state index is 14.2. The molecule has 1 N–H and O–H groups in total. The average molecular weight is 335 g/mol. The van der Waals surface area contributed by atoms with Gasteiger partial charge in [0.2, 0.25) is 0 Å². The molecule has 4 heteroatoms. The summed E-state index contributed by atoms with van der Waals surface area (Å²) in [5.74, 6) is 0.575. The summed E-state index contributed by atoms with van der Waals surface area (Å²) in [5, 5.41) is 3.58. The van der Waals surface area contributed by atoms with Gasteiger partial charge in [0.25, 0.3) is 0 Å². The molecule has 1 aromatic rings. The first-order valence-electron chi connectivity index (χ1n) is 6.49. The predicted octanol–water partition coefficient (Wildman–Crippen LogP) is 4.73. The van der Waals surface area contributed by atoms with Crippen LogP contribution in [0.15, 0.2) is 16.6 Å². The van der Waals surface area contributed by atoms with E-state index in [-0.39, 0.29) is 10.8 Å². The molecule has 0 amide bonds. The van der Waals surface area contributed by atoms with E-state index < -0.39 is 0 Å². The Hall–Kier alpha value is -0.120. The lowest BCUT2D eigenvalue weighted by molar-refractivity contribution is 0.437. The first-order valence-corrected chi connectivity index (χ1v) is 7.66. The molecule has 2 atom stereocenters. The van der Waals surface area contributed by atoms with Crippen molar-refractivity contribution in [2.45, 2.75) is 32.1 Å². The van der Waals surface area contributed by atoms with Gasteiger partial charge in [-0.25, -0.2) is 4.39 Å². The summed E-state index contributed by atoms with van der Waals surface area (Å²) in [7, 11) is 0. The summed E-state index contributed by atoms with van der Waals surface area (Å²) >= 11 is 9.24. The van der Waals surface area contributed by atoms with Gasteiger partial charge in [-0.05, 0) is 65.3 Å². The molecule has 1 saturated carbocycles. The van der Waals surface area contributed by atoms with Gasteiger partial charge < -0.3 is 5.32 Å². The van der Waals surface area contributed by atoms with Crippen LogP contribution in [0.2, 0.25) is 5.02 Å². The first kappa shape index (κ1) is 14.3. The lowest BCUT2D eigenvalue weighted by Gasteiger charge is -2.21. The highest BCUT2D eigenvalue weighted by Crippen LogP contribution is 2.42. The summed E-state index contributed by atoms with van der Waals surface area (Å²) in [4.78, 5) is 0. The summed E-state index contributed by atoms with van der Waals surface area (Å²) in [5.41, 5.74) is 0.781. The molecule has 0 heterocycles. The Bertz CT molecular complexity index is 425. The Morgan fingerprint density at radius 1 is 1.44 bits per heavy atom. The SMILES string of the molecule is CCNCC1CCCC1c1ccc(Br)c(Cl)c1F. The van der Waals surface area contributed by atoms with E-state index in [1.54, 1.807) is 0 Å². The summed E-state index contributed by atoms with van der Waals surface area (Å²) in [6.45, 7) is 4.03. The second-order valence-corrected chi connectivity index (χ2v) is 6.10. The standard InChI is InChI=1S/C14H18BrClFN/c1-2-18-8-9-4-3-5-10(9)11-6-7-12(15)13(16)14(11)17/h6-7,9-10,18H,2-5,8H2,1H3. The molecule has 2 rings (SSSR count). The molecule has 0 spiro atoms. The van der Waals surface area contributed by atoms with Crippen molar-refractivity contribution in [2.24, 2.45) is 5.92 Å².